The molecule has 0 aromatic heterocycles. The zero-order valence-corrected chi connectivity index (χ0v) is 24.9. The topological polar surface area (TPSA) is 77.4 Å². The highest BCUT2D eigenvalue weighted by atomic mass is 16.7. The number of aliphatic hydroxyl groups excluding tert-OH is 2. The van der Waals surface area contributed by atoms with Crippen LogP contribution in [0.2, 0.25) is 0 Å². The van der Waals surface area contributed by atoms with Crippen LogP contribution in [-0.4, -0.2) is 60.1 Å². The molecule has 0 saturated carbocycles. The van der Waals surface area contributed by atoms with Gasteiger partial charge in [-0.25, -0.2) is 0 Å². The van der Waals surface area contributed by atoms with Gasteiger partial charge in [-0.1, -0.05) is 36.4 Å². The van der Waals surface area contributed by atoms with Crippen LogP contribution in [0.1, 0.15) is 92.2 Å². The first-order valence-corrected chi connectivity index (χ1v) is 14.4. The minimum absolute atomic E-state index is 0.110. The zero-order chi connectivity index (χ0) is 28.4. The number of rotatable bonds is 8. The molecule has 0 atom stereocenters. The Bertz CT molecular complexity index is 1110. The molecule has 0 radical (unpaired) electrons. The van der Waals surface area contributed by atoms with E-state index >= 15 is 0 Å². The van der Waals surface area contributed by atoms with Crippen molar-refractivity contribution in [2.75, 3.05) is 13.2 Å². The minimum atomic E-state index is -0.460. The Hall–Kier alpha value is -1.67. The van der Waals surface area contributed by atoms with E-state index in [9.17, 15) is 10.2 Å². The highest BCUT2D eigenvalue weighted by Gasteiger charge is 2.54. The molecule has 8 heteroatoms. The van der Waals surface area contributed by atoms with Gasteiger partial charge in [0.2, 0.25) is 0 Å². The summed E-state index contributed by atoms with van der Waals surface area (Å²) in [5.41, 5.74) is 4.68. The van der Waals surface area contributed by atoms with Crippen LogP contribution in [-0.2, 0) is 24.0 Å². The average molecular weight is 534 g/mol. The lowest BCUT2D eigenvalue weighted by molar-refractivity contribution is 0.00578. The Labute approximate surface area is 234 Å². The minimum Gasteiger partial charge on any atom is -0.399 e. The van der Waals surface area contributed by atoms with E-state index in [2.05, 4.69) is 91.8 Å². The molecule has 5 rings (SSSR count). The molecular weight excluding hydrogens is 490 g/mol. The third-order valence-electron chi connectivity index (χ3n) is 9.98. The molecule has 0 unspecified atom stereocenters. The number of hydrogen-bond donors (Lipinski definition) is 2. The maximum absolute atomic E-state index is 9.92. The average Bonchev–Trinajstić information content (AvgIpc) is 3.35. The molecule has 6 nitrogen and oxygen atoms in total. The van der Waals surface area contributed by atoms with Crippen molar-refractivity contribution in [2.24, 2.45) is 0 Å². The predicted octanol–water partition coefficient (Wildman–Crippen LogP) is 4.10. The summed E-state index contributed by atoms with van der Waals surface area (Å²) in [5.74, 6) is 0. The second-order valence-corrected chi connectivity index (χ2v) is 13.5. The molecule has 2 aromatic carbocycles. The van der Waals surface area contributed by atoms with E-state index in [1.54, 1.807) is 0 Å². The van der Waals surface area contributed by atoms with Gasteiger partial charge >= 0.3 is 14.2 Å². The number of benzene rings is 2. The van der Waals surface area contributed by atoms with Crippen LogP contribution in [0.15, 0.2) is 36.4 Å². The van der Waals surface area contributed by atoms with E-state index in [0.29, 0.717) is 12.8 Å². The fraction of sp³-hybridized carbons (Fsp3) is 0.613. The van der Waals surface area contributed by atoms with Crippen LogP contribution in [0.5, 0.6) is 0 Å². The molecule has 0 amide bonds. The molecule has 2 aromatic rings. The monoisotopic (exact) mass is 534 g/mol. The number of aliphatic hydroxyl groups is 2. The van der Waals surface area contributed by atoms with Crippen molar-refractivity contribution in [2.45, 2.75) is 109 Å². The summed E-state index contributed by atoms with van der Waals surface area (Å²) < 4.78 is 25.6. The maximum Gasteiger partial charge on any atom is 0.494 e. The summed E-state index contributed by atoms with van der Waals surface area (Å²) in [4.78, 5) is 0. The van der Waals surface area contributed by atoms with Gasteiger partial charge in [-0.3, -0.25) is 0 Å². The standard InChI is InChI=1S/C31H44B2O6/c1-27(2)28(3,4)37-32(36-27)21-11-13-23-24-14-12-22(33-38-29(5,6)30(7,8)39-33)20-26(24)31(15-9-17-34,16-10-18-35)25(23)19-21/h11-14,19-20,34-35H,9-10,15-18H2,1-8H3. The van der Waals surface area contributed by atoms with Gasteiger partial charge in [0.15, 0.2) is 0 Å². The SMILES string of the molecule is CC1(C)OB(c2ccc3c(c2)C(CCCO)(CCCO)c2cc(B4OC(C)(C)C(C)(C)O4)ccc2-3)OC1(C)C. The molecule has 2 N–H and O–H groups in total. The summed E-state index contributed by atoms with van der Waals surface area (Å²) >= 11 is 0. The van der Waals surface area contributed by atoms with Crippen molar-refractivity contribution >= 4 is 25.2 Å². The summed E-state index contributed by atoms with van der Waals surface area (Å²) in [6.07, 6.45) is 2.85. The predicted molar refractivity (Wildman–Crippen MR) is 157 cm³/mol. The largest absolute Gasteiger partial charge is 0.494 e. The van der Waals surface area contributed by atoms with Crippen molar-refractivity contribution in [3.8, 4) is 11.1 Å². The van der Waals surface area contributed by atoms with Gasteiger partial charge in [-0.2, -0.15) is 0 Å². The fourth-order valence-electron chi connectivity index (χ4n) is 6.21. The number of fused-ring (bicyclic) bond motifs is 3. The molecule has 0 bridgehead atoms. The molecule has 0 spiro atoms. The van der Waals surface area contributed by atoms with Gasteiger partial charge in [-0.05, 0) is 114 Å². The lowest BCUT2D eigenvalue weighted by Gasteiger charge is -2.33. The Balaban J connectivity index is 1.61. The van der Waals surface area contributed by atoms with Gasteiger partial charge in [0.05, 0.1) is 22.4 Å². The van der Waals surface area contributed by atoms with E-state index in [1.165, 1.54) is 22.3 Å². The molecule has 2 saturated heterocycles. The van der Waals surface area contributed by atoms with E-state index in [0.717, 1.165) is 23.8 Å². The van der Waals surface area contributed by atoms with E-state index in [1.807, 2.05) is 0 Å². The molecule has 210 valence electrons. The van der Waals surface area contributed by atoms with E-state index < -0.39 is 36.6 Å². The molecule has 2 heterocycles. The van der Waals surface area contributed by atoms with Gasteiger partial charge in [0, 0.05) is 18.6 Å². The quantitative estimate of drug-likeness (QED) is 0.497. The van der Waals surface area contributed by atoms with Gasteiger partial charge in [-0.15, -0.1) is 0 Å². The number of hydrogen-bond acceptors (Lipinski definition) is 6. The van der Waals surface area contributed by atoms with Crippen LogP contribution in [0.3, 0.4) is 0 Å². The van der Waals surface area contributed by atoms with E-state index in [-0.39, 0.29) is 18.6 Å². The van der Waals surface area contributed by atoms with Crippen molar-refractivity contribution in [1.29, 1.82) is 0 Å². The smallest absolute Gasteiger partial charge is 0.399 e. The lowest BCUT2D eigenvalue weighted by Crippen LogP contribution is -2.41. The molecular formula is C31H44B2O6. The Morgan fingerprint density at radius 1 is 0.564 bits per heavy atom. The summed E-state index contributed by atoms with van der Waals surface area (Å²) in [6, 6.07) is 13.1. The highest BCUT2D eigenvalue weighted by molar-refractivity contribution is 6.62. The summed E-state index contributed by atoms with van der Waals surface area (Å²) in [7, 11) is -0.921. The fourth-order valence-corrected chi connectivity index (χ4v) is 6.21. The molecule has 3 aliphatic rings. The van der Waals surface area contributed by atoms with Gasteiger partial charge in [0.1, 0.15) is 0 Å². The Morgan fingerprint density at radius 3 is 1.21 bits per heavy atom. The Kier molecular flexibility index (Phi) is 7.18. The molecule has 2 fully saturated rings. The third-order valence-corrected chi connectivity index (χ3v) is 9.98. The summed E-state index contributed by atoms with van der Waals surface area (Å²) in [6.45, 7) is 16.8. The van der Waals surface area contributed by atoms with E-state index in [4.69, 9.17) is 18.6 Å². The van der Waals surface area contributed by atoms with Gasteiger partial charge in [0.25, 0.3) is 0 Å². The van der Waals surface area contributed by atoms with Crippen LogP contribution < -0.4 is 10.9 Å². The molecule has 2 aliphatic heterocycles. The molecule has 1 aliphatic carbocycles. The van der Waals surface area contributed by atoms with Crippen molar-refractivity contribution in [3.63, 3.8) is 0 Å². The van der Waals surface area contributed by atoms with Crippen molar-refractivity contribution in [1.82, 2.24) is 0 Å². The normalized spacial score (nSPS) is 23.2. The van der Waals surface area contributed by atoms with Crippen LogP contribution in [0.25, 0.3) is 11.1 Å². The second-order valence-electron chi connectivity index (χ2n) is 13.5. The summed E-state index contributed by atoms with van der Waals surface area (Å²) in [5, 5.41) is 19.8. The maximum atomic E-state index is 9.92. The first kappa shape index (κ1) is 28.8. The van der Waals surface area contributed by atoms with Crippen molar-refractivity contribution in [3.05, 3.63) is 47.5 Å². The zero-order valence-electron chi connectivity index (χ0n) is 24.9. The lowest BCUT2D eigenvalue weighted by atomic mass is 9.67. The van der Waals surface area contributed by atoms with Crippen LogP contribution >= 0.6 is 0 Å². The highest BCUT2D eigenvalue weighted by Crippen LogP contribution is 2.53. The first-order chi connectivity index (χ1) is 18.2. The first-order valence-electron chi connectivity index (χ1n) is 14.4. The third kappa shape index (κ3) is 4.61. The van der Waals surface area contributed by atoms with Gasteiger partial charge < -0.3 is 28.8 Å². The van der Waals surface area contributed by atoms with Crippen LogP contribution in [0, 0.1) is 0 Å². The molecule has 39 heavy (non-hydrogen) atoms. The van der Waals surface area contributed by atoms with Crippen LogP contribution in [0.4, 0.5) is 0 Å². The van der Waals surface area contributed by atoms with Crippen molar-refractivity contribution < 1.29 is 28.8 Å². The second kappa shape index (κ2) is 9.71. The Morgan fingerprint density at radius 2 is 0.897 bits per heavy atom.